The van der Waals surface area contributed by atoms with Gasteiger partial charge in [-0.1, -0.05) is 45.0 Å². The fraction of sp³-hybridized carbons (Fsp3) is 0.682. The second-order valence-corrected chi connectivity index (χ2v) is 8.16. The third-order valence-corrected chi connectivity index (χ3v) is 4.89. The monoisotopic (exact) mass is 375 g/mol. The third kappa shape index (κ3) is 8.31. The highest BCUT2D eigenvalue weighted by molar-refractivity contribution is 5.79. The highest BCUT2D eigenvalue weighted by atomic mass is 16.5. The molecule has 1 saturated heterocycles. The fourth-order valence-corrected chi connectivity index (χ4v) is 3.09. The molecule has 0 aliphatic carbocycles. The van der Waals surface area contributed by atoms with E-state index in [4.69, 9.17) is 9.47 Å². The Morgan fingerprint density at radius 2 is 1.78 bits per heavy atom. The Morgan fingerprint density at radius 3 is 2.41 bits per heavy atom. The van der Waals surface area contributed by atoms with Gasteiger partial charge in [-0.25, -0.2) is 0 Å². The maximum absolute atomic E-state index is 5.89. The second kappa shape index (κ2) is 11.3. The Bertz CT molecular complexity index is 558. The smallest absolute Gasteiger partial charge is 0.190 e. The van der Waals surface area contributed by atoms with Crippen molar-refractivity contribution >= 4 is 5.96 Å². The first-order valence-corrected chi connectivity index (χ1v) is 10.2. The summed E-state index contributed by atoms with van der Waals surface area (Å²) in [4.78, 5) is 4.29. The lowest BCUT2D eigenvalue weighted by Crippen LogP contribution is -2.39. The summed E-state index contributed by atoms with van der Waals surface area (Å²) in [5.74, 6) is 0.854. The van der Waals surface area contributed by atoms with E-state index < -0.39 is 0 Å². The van der Waals surface area contributed by atoms with Crippen molar-refractivity contribution in [3.63, 3.8) is 0 Å². The van der Waals surface area contributed by atoms with Crippen LogP contribution in [0.5, 0.6) is 0 Å². The molecule has 0 saturated carbocycles. The zero-order valence-electron chi connectivity index (χ0n) is 17.5. The van der Waals surface area contributed by atoms with Gasteiger partial charge in [0.05, 0.1) is 6.10 Å². The second-order valence-electron chi connectivity index (χ2n) is 8.16. The largest absolute Gasteiger partial charge is 0.381 e. The zero-order chi connectivity index (χ0) is 19.5. The Kier molecular flexibility index (Phi) is 9.08. The Morgan fingerprint density at radius 1 is 1.11 bits per heavy atom. The van der Waals surface area contributed by atoms with Gasteiger partial charge in [-0.3, -0.25) is 4.99 Å². The van der Waals surface area contributed by atoms with E-state index in [9.17, 15) is 0 Å². The molecule has 1 aliphatic heterocycles. The number of nitrogens with one attached hydrogen (secondary N) is 2. The summed E-state index contributed by atoms with van der Waals surface area (Å²) >= 11 is 0. The molecule has 5 heteroatoms. The van der Waals surface area contributed by atoms with Gasteiger partial charge < -0.3 is 20.1 Å². The van der Waals surface area contributed by atoms with Crippen LogP contribution in [0.4, 0.5) is 0 Å². The molecule has 0 aromatic heterocycles. The predicted octanol–water partition coefficient (Wildman–Crippen LogP) is 3.28. The van der Waals surface area contributed by atoms with Crippen LogP contribution < -0.4 is 10.6 Å². The number of aliphatic imine (C=N–C) groups is 1. The van der Waals surface area contributed by atoms with Crippen LogP contribution in [0.3, 0.4) is 0 Å². The molecule has 0 unspecified atom stereocenters. The van der Waals surface area contributed by atoms with Crippen molar-refractivity contribution in [3.8, 4) is 0 Å². The van der Waals surface area contributed by atoms with Crippen molar-refractivity contribution in [2.24, 2.45) is 4.99 Å². The molecule has 1 aromatic carbocycles. The van der Waals surface area contributed by atoms with Gasteiger partial charge in [-0.15, -0.1) is 0 Å². The van der Waals surface area contributed by atoms with Crippen LogP contribution in [0.2, 0.25) is 0 Å². The minimum atomic E-state index is 0.206. The van der Waals surface area contributed by atoms with E-state index in [0.717, 1.165) is 64.6 Å². The van der Waals surface area contributed by atoms with Crippen molar-refractivity contribution in [2.45, 2.75) is 58.0 Å². The number of ether oxygens (including phenoxy) is 2. The first-order chi connectivity index (χ1) is 13.0. The topological polar surface area (TPSA) is 54.9 Å². The molecule has 0 bridgehead atoms. The molecule has 1 aliphatic rings. The van der Waals surface area contributed by atoms with Crippen molar-refractivity contribution in [3.05, 3.63) is 35.4 Å². The van der Waals surface area contributed by atoms with Gasteiger partial charge in [0.2, 0.25) is 0 Å². The molecule has 1 aromatic rings. The lowest BCUT2D eigenvalue weighted by atomic mass is 9.86. The van der Waals surface area contributed by atoms with Gasteiger partial charge in [0.15, 0.2) is 5.96 Å². The van der Waals surface area contributed by atoms with Crippen molar-refractivity contribution < 1.29 is 9.47 Å². The van der Waals surface area contributed by atoms with Gasteiger partial charge >= 0.3 is 0 Å². The number of benzene rings is 1. The van der Waals surface area contributed by atoms with Crippen LogP contribution in [0.25, 0.3) is 0 Å². The van der Waals surface area contributed by atoms with E-state index in [0.29, 0.717) is 6.10 Å². The average Bonchev–Trinajstić information content (AvgIpc) is 2.67. The predicted molar refractivity (Wildman–Crippen MR) is 113 cm³/mol. The zero-order valence-corrected chi connectivity index (χ0v) is 17.5. The maximum atomic E-state index is 5.89. The van der Waals surface area contributed by atoms with E-state index in [2.05, 4.69) is 60.7 Å². The summed E-state index contributed by atoms with van der Waals surface area (Å²) in [5.41, 5.74) is 2.92. The van der Waals surface area contributed by atoms with Crippen molar-refractivity contribution in [1.82, 2.24) is 10.6 Å². The van der Waals surface area contributed by atoms with E-state index in [-0.39, 0.29) is 5.41 Å². The quantitative estimate of drug-likeness (QED) is 0.416. The van der Waals surface area contributed by atoms with Crippen LogP contribution in [0, 0.1) is 0 Å². The molecule has 2 N–H and O–H groups in total. The van der Waals surface area contributed by atoms with Gasteiger partial charge in [-0.05, 0) is 42.2 Å². The maximum Gasteiger partial charge on any atom is 0.190 e. The molecule has 152 valence electrons. The molecule has 5 nitrogen and oxygen atoms in total. The number of guanidine groups is 1. The Balaban J connectivity index is 1.58. The Labute approximate surface area is 164 Å². The summed E-state index contributed by atoms with van der Waals surface area (Å²) in [6, 6.07) is 8.93. The molecule has 27 heavy (non-hydrogen) atoms. The van der Waals surface area contributed by atoms with Crippen LogP contribution in [0.1, 0.15) is 51.2 Å². The van der Waals surface area contributed by atoms with Crippen LogP contribution in [-0.4, -0.2) is 52.0 Å². The van der Waals surface area contributed by atoms with Crippen LogP contribution in [-0.2, 0) is 21.3 Å². The summed E-state index contributed by atoms with van der Waals surface area (Å²) < 4.78 is 11.2. The summed E-state index contributed by atoms with van der Waals surface area (Å²) in [6.45, 7) is 10.9. The third-order valence-electron chi connectivity index (χ3n) is 4.89. The van der Waals surface area contributed by atoms with E-state index in [1.165, 1.54) is 11.1 Å². The summed E-state index contributed by atoms with van der Waals surface area (Å²) in [5, 5.41) is 6.74. The van der Waals surface area contributed by atoms with Gasteiger partial charge in [0, 0.05) is 40.0 Å². The van der Waals surface area contributed by atoms with E-state index in [1.807, 2.05) is 7.05 Å². The SMILES string of the molecule is CN=C(NCCCOC1CCOCC1)NCCc1ccc(C(C)(C)C)cc1. The fourth-order valence-electron chi connectivity index (χ4n) is 3.09. The van der Waals surface area contributed by atoms with Crippen LogP contribution >= 0.6 is 0 Å². The molecule has 2 rings (SSSR count). The standard InChI is InChI=1S/C22H37N3O2/c1-22(2,3)19-8-6-18(7-9-19)10-14-25-21(23-4)24-13-5-15-27-20-11-16-26-17-12-20/h6-9,20H,5,10-17H2,1-4H3,(H2,23,24,25). The lowest BCUT2D eigenvalue weighted by molar-refractivity contribution is -0.0320. The first-order valence-electron chi connectivity index (χ1n) is 10.2. The molecule has 0 radical (unpaired) electrons. The van der Waals surface area contributed by atoms with Crippen molar-refractivity contribution in [1.29, 1.82) is 0 Å². The number of rotatable bonds is 8. The minimum absolute atomic E-state index is 0.206. The molecular formula is C22H37N3O2. The molecule has 1 fully saturated rings. The molecule has 0 amide bonds. The summed E-state index contributed by atoms with van der Waals surface area (Å²) in [6.07, 6.45) is 4.38. The Hall–Kier alpha value is -1.59. The molecule has 0 spiro atoms. The normalized spacial score (nSPS) is 16.4. The lowest BCUT2D eigenvalue weighted by Gasteiger charge is -2.22. The van der Waals surface area contributed by atoms with Crippen molar-refractivity contribution in [2.75, 3.05) is 40.0 Å². The van der Waals surface area contributed by atoms with E-state index in [1.54, 1.807) is 0 Å². The minimum Gasteiger partial charge on any atom is -0.381 e. The van der Waals surface area contributed by atoms with Gasteiger partial charge in [0.1, 0.15) is 0 Å². The van der Waals surface area contributed by atoms with Gasteiger partial charge in [-0.2, -0.15) is 0 Å². The summed E-state index contributed by atoms with van der Waals surface area (Å²) in [7, 11) is 1.81. The number of nitrogens with zero attached hydrogens (tertiary/aromatic N) is 1. The molecular weight excluding hydrogens is 338 g/mol. The molecule has 1 heterocycles. The number of hydrogen-bond donors (Lipinski definition) is 2. The number of hydrogen-bond acceptors (Lipinski definition) is 3. The van der Waals surface area contributed by atoms with E-state index >= 15 is 0 Å². The highest BCUT2D eigenvalue weighted by Crippen LogP contribution is 2.22. The highest BCUT2D eigenvalue weighted by Gasteiger charge is 2.14. The molecule has 0 atom stereocenters. The first kappa shape index (κ1) is 21.7. The van der Waals surface area contributed by atoms with Gasteiger partial charge in [0.25, 0.3) is 0 Å². The average molecular weight is 376 g/mol. The van der Waals surface area contributed by atoms with Crippen LogP contribution in [0.15, 0.2) is 29.3 Å².